The van der Waals surface area contributed by atoms with Gasteiger partial charge in [-0.2, -0.15) is 0 Å². The summed E-state index contributed by atoms with van der Waals surface area (Å²) in [7, 11) is 0. The van der Waals surface area contributed by atoms with Crippen molar-refractivity contribution in [2.24, 2.45) is 50.7 Å². The first-order chi connectivity index (χ1) is 30.3. The van der Waals surface area contributed by atoms with Gasteiger partial charge in [-0.3, -0.25) is 4.79 Å². The largest absolute Gasteiger partial charge is 0.432 e. The quantitative estimate of drug-likeness (QED) is 0.0850. The Morgan fingerprint density at radius 3 is 1.94 bits per heavy atom. The standard InChI is InChI=1S/C47H76O18/c1-21-10-15-47(41(58)65-40-34(56)32(54)30(52)25(19-49)62-40)17-16-44(5)22(37(47)46(21,7)59)8-9-27-43(4)13-12-28(42(2,3)26(43)11-14-45(27,44)6)63-38-35(57)36(23(50)20-60-38)64-39-33(55)31(53)29(51)24(18-48)61-39/h8,21,23-40,48-57,59H,9-20H2,1-7H3/t21-,23+,24-,25-,26+,27-,28+,29-,30-,31+,32+,33-,34-,35-,36+,37+,38+,39+,40+,43+,44-,45-,46-,47+/m1/s1. The van der Waals surface area contributed by atoms with Crippen molar-refractivity contribution >= 4 is 5.97 Å². The first kappa shape index (κ1) is 50.0. The summed E-state index contributed by atoms with van der Waals surface area (Å²) in [4.78, 5) is 14.7. The van der Waals surface area contributed by atoms with Crippen LogP contribution in [0.5, 0.6) is 0 Å². The average molecular weight is 929 g/mol. The smallest absolute Gasteiger partial charge is 0.315 e. The third-order valence-corrected chi connectivity index (χ3v) is 19.3. The number of hydrogen-bond acceptors (Lipinski definition) is 18. The van der Waals surface area contributed by atoms with E-state index in [4.69, 9.17) is 28.4 Å². The van der Waals surface area contributed by atoms with Gasteiger partial charge in [0.1, 0.15) is 67.1 Å². The van der Waals surface area contributed by atoms with Crippen LogP contribution in [0.4, 0.5) is 0 Å². The van der Waals surface area contributed by atoms with Gasteiger partial charge in [0, 0.05) is 5.92 Å². The number of hydrogen-bond donors (Lipinski definition) is 11. The molecule has 18 heteroatoms. The van der Waals surface area contributed by atoms with E-state index in [2.05, 4.69) is 40.7 Å². The highest BCUT2D eigenvalue weighted by molar-refractivity contribution is 5.79. The van der Waals surface area contributed by atoms with E-state index in [9.17, 15) is 61.0 Å². The molecule has 0 spiro atoms. The molecule has 0 unspecified atom stereocenters. The summed E-state index contributed by atoms with van der Waals surface area (Å²) in [6, 6.07) is 0. The minimum absolute atomic E-state index is 0.150. The van der Waals surface area contributed by atoms with Gasteiger partial charge < -0.3 is 84.6 Å². The molecule has 3 aliphatic heterocycles. The lowest BCUT2D eigenvalue weighted by molar-refractivity contribution is -0.357. The van der Waals surface area contributed by atoms with Crippen molar-refractivity contribution in [3.05, 3.63) is 11.6 Å². The Labute approximate surface area is 380 Å². The summed E-state index contributed by atoms with van der Waals surface area (Å²) in [5.41, 5.74) is -2.68. The molecule has 0 aromatic heterocycles. The molecule has 8 rings (SSSR count). The Morgan fingerprint density at radius 2 is 1.31 bits per heavy atom. The van der Waals surface area contributed by atoms with E-state index in [1.165, 1.54) is 0 Å². The number of fused-ring (bicyclic) bond motifs is 7. The molecule has 3 heterocycles. The molecule has 5 aliphatic carbocycles. The molecular formula is C47H76O18. The van der Waals surface area contributed by atoms with Crippen LogP contribution in [0.2, 0.25) is 0 Å². The summed E-state index contributed by atoms with van der Waals surface area (Å²) in [6.07, 6.45) is -13.4. The lowest BCUT2D eigenvalue weighted by Crippen LogP contribution is -2.68. The van der Waals surface area contributed by atoms with Gasteiger partial charge in [0.2, 0.25) is 6.29 Å². The van der Waals surface area contributed by atoms with Crippen LogP contribution in [0.25, 0.3) is 0 Å². The van der Waals surface area contributed by atoms with Crippen LogP contribution >= 0.6 is 0 Å². The van der Waals surface area contributed by atoms with Crippen LogP contribution in [-0.4, -0.2) is 180 Å². The van der Waals surface area contributed by atoms with E-state index in [0.29, 0.717) is 38.5 Å². The van der Waals surface area contributed by atoms with Crippen molar-refractivity contribution in [1.29, 1.82) is 0 Å². The van der Waals surface area contributed by atoms with Crippen molar-refractivity contribution in [2.75, 3.05) is 19.8 Å². The van der Waals surface area contributed by atoms with Gasteiger partial charge >= 0.3 is 5.97 Å². The third kappa shape index (κ3) is 7.53. The number of esters is 1. The number of carbonyl (C=O) groups excluding carboxylic acids is 1. The molecule has 4 saturated carbocycles. The maximum absolute atomic E-state index is 14.7. The van der Waals surface area contributed by atoms with E-state index < -0.39 is 133 Å². The molecule has 0 aromatic carbocycles. The zero-order valence-corrected chi connectivity index (χ0v) is 38.8. The Bertz CT molecular complexity index is 1770. The van der Waals surface area contributed by atoms with E-state index in [-0.39, 0.29) is 41.3 Å². The Kier molecular flexibility index (Phi) is 13.4. The highest BCUT2D eigenvalue weighted by atomic mass is 16.7. The second-order valence-corrected chi connectivity index (χ2v) is 22.7. The number of aliphatic hydroxyl groups excluding tert-OH is 10. The van der Waals surface area contributed by atoms with Crippen LogP contribution in [-0.2, 0) is 33.2 Å². The molecule has 372 valence electrons. The van der Waals surface area contributed by atoms with Gasteiger partial charge in [-0.05, 0) is 104 Å². The Balaban J connectivity index is 1.02. The van der Waals surface area contributed by atoms with E-state index in [1.807, 2.05) is 13.8 Å². The van der Waals surface area contributed by atoms with Crippen LogP contribution in [0.3, 0.4) is 0 Å². The molecule has 3 saturated heterocycles. The predicted octanol–water partition coefficient (Wildman–Crippen LogP) is -0.250. The molecule has 8 aliphatic rings. The maximum atomic E-state index is 14.7. The fourth-order valence-corrected chi connectivity index (χ4v) is 15.0. The lowest BCUT2D eigenvalue weighted by Gasteiger charge is -2.72. The summed E-state index contributed by atoms with van der Waals surface area (Å²) < 4.78 is 35.5. The molecule has 24 atom stereocenters. The fraction of sp³-hybridized carbons (Fsp3) is 0.936. The summed E-state index contributed by atoms with van der Waals surface area (Å²) >= 11 is 0. The number of ether oxygens (including phenoxy) is 6. The van der Waals surface area contributed by atoms with Crippen molar-refractivity contribution in [2.45, 2.75) is 204 Å². The second kappa shape index (κ2) is 17.5. The number of aliphatic hydroxyl groups is 11. The normalized spacial score (nSPS) is 55.4. The van der Waals surface area contributed by atoms with Gasteiger partial charge in [-0.1, -0.05) is 53.2 Å². The minimum atomic E-state index is -1.75. The van der Waals surface area contributed by atoms with E-state index >= 15 is 0 Å². The Morgan fingerprint density at radius 1 is 0.692 bits per heavy atom. The Hall–Kier alpha value is -1.43. The van der Waals surface area contributed by atoms with Gasteiger partial charge in [-0.15, -0.1) is 0 Å². The van der Waals surface area contributed by atoms with Gasteiger partial charge in [0.15, 0.2) is 12.6 Å². The topological polar surface area (TPSA) is 295 Å². The highest BCUT2D eigenvalue weighted by Gasteiger charge is 2.72. The van der Waals surface area contributed by atoms with Crippen LogP contribution in [0.15, 0.2) is 11.6 Å². The van der Waals surface area contributed by atoms with Crippen LogP contribution in [0, 0.1) is 50.7 Å². The zero-order chi connectivity index (χ0) is 47.6. The van der Waals surface area contributed by atoms with E-state index in [1.54, 1.807) is 0 Å². The first-order valence-corrected chi connectivity index (χ1v) is 23.9. The molecule has 0 aromatic rings. The van der Waals surface area contributed by atoms with Gasteiger partial charge in [0.05, 0.1) is 36.9 Å². The number of rotatable bonds is 8. The summed E-state index contributed by atoms with van der Waals surface area (Å²) in [5, 5.41) is 117. The minimum Gasteiger partial charge on any atom is -0.432 e. The SMILES string of the molecule is C[C@@H]1CC[C@]2(C(=O)O[C@@H]3O[C@H](CO)[C@@H](O)[C@H](O)[C@H]3O)CC[C@]3(C)C(=CC[C@@H]4[C@@]5(C)CC[C@H](O[C@@H]6OC[C@H](O)[C@H](O[C@@H]7O[C@H](CO)[C@@H](O)[C@H](O)[C@H]7O)[C@H]6O)C(C)(C)[C@@H]5CC[C@]43C)[C@H]2[C@]1(C)O. The predicted molar refractivity (Wildman–Crippen MR) is 226 cm³/mol. The molecule has 0 amide bonds. The van der Waals surface area contributed by atoms with Crippen molar-refractivity contribution in [3.8, 4) is 0 Å². The molecule has 18 nitrogen and oxygen atoms in total. The fourth-order valence-electron chi connectivity index (χ4n) is 15.0. The van der Waals surface area contributed by atoms with Crippen molar-refractivity contribution in [3.63, 3.8) is 0 Å². The molecule has 65 heavy (non-hydrogen) atoms. The molecular weight excluding hydrogens is 852 g/mol. The summed E-state index contributed by atoms with van der Waals surface area (Å²) in [6.45, 7) is 13.7. The molecule has 0 radical (unpaired) electrons. The molecule has 11 N–H and O–H groups in total. The monoisotopic (exact) mass is 929 g/mol. The first-order valence-electron chi connectivity index (χ1n) is 23.9. The highest BCUT2D eigenvalue weighted by Crippen LogP contribution is 2.76. The molecule has 7 fully saturated rings. The summed E-state index contributed by atoms with van der Waals surface area (Å²) in [5.74, 6) is -1.02. The van der Waals surface area contributed by atoms with Crippen LogP contribution in [0.1, 0.15) is 106 Å². The zero-order valence-electron chi connectivity index (χ0n) is 38.8. The molecule has 0 bridgehead atoms. The second-order valence-electron chi connectivity index (χ2n) is 22.7. The number of allylic oxidation sites excluding steroid dienone is 1. The van der Waals surface area contributed by atoms with Crippen LogP contribution < -0.4 is 0 Å². The average Bonchev–Trinajstić information content (AvgIpc) is 3.25. The van der Waals surface area contributed by atoms with E-state index in [0.717, 1.165) is 24.8 Å². The van der Waals surface area contributed by atoms with Crippen molar-refractivity contribution < 1.29 is 89.4 Å². The van der Waals surface area contributed by atoms with Crippen molar-refractivity contribution in [1.82, 2.24) is 0 Å². The number of carbonyl (C=O) groups is 1. The maximum Gasteiger partial charge on any atom is 0.315 e. The van der Waals surface area contributed by atoms with Gasteiger partial charge in [0.25, 0.3) is 0 Å². The van der Waals surface area contributed by atoms with Gasteiger partial charge in [-0.25, -0.2) is 0 Å². The lowest BCUT2D eigenvalue weighted by atomic mass is 9.33. The third-order valence-electron chi connectivity index (χ3n) is 19.3.